The molecular formula is C27H29ClO5. The van der Waals surface area contributed by atoms with E-state index < -0.39 is 17.8 Å². The summed E-state index contributed by atoms with van der Waals surface area (Å²) in [6, 6.07) is 10.6. The minimum Gasteiger partial charge on any atom is -0.507 e. The van der Waals surface area contributed by atoms with Crippen LogP contribution in [0.3, 0.4) is 0 Å². The molecule has 4 rings (SSSR count). The lowest BCUT2D eigenvalue weighted by Crippen LogP contribution is -2.21. The molecule has 2 aliphatic rings. The summed E-state index contributed by atoms with van der Waals surface area (Å²) in [7, 11) is 0. The molecule has 6 heteroatoms. The van der Waals surface area contributed by atoms with Crippen molar-refractivity contribution in [3.63, 3.8) is 0 Å². The van der Waals surface area contributed by atoms with Gasteiger partial charge in [-0.05, 0) is 61.5 Å². The number of hydrogen-bond donors (Lipinski definition) is 2. The van der Waals surface area contributed by atoms with Crippen molar-refractivity contribution in [1.29, 1.82) is 0 Å². The maximum Gasteiger partial charge on any atom is 0.342 e. The molecule has 174 valence electrons. The second-order valence-corrected chi connectivity index (χ2v) is 9.60. The Bertz CT molecular complexity index is 1060. The fourth-order valence-corrected chi connectivity index (χ4v) is 5.16. The number of cyclic esters (lactones) is 1. The largest absolute Gasteiger partial charge is 0.507 e. The summed E-state index contributed by atoms with van der Waals surface area (Å²) >= 11 is 6.26. The molecule has 1 fully saturated rings. The third-order valence-electron chi connectivity index (χ3n) is 6.81. The van der Waals surface area contributed by atoms with E-state index in [2.05, 4.69) is 6.92 Å². The fourth-order valence-electron chi connectivity index (χ4n) is 4.94. The third kappa shape index (κ3) is 5.41. The molecule has 0 aromatic heterocycles. The van der Waals surface area contributed by atoms with Crippen LogP contribution in [0.15, 0.2) is 48.6 Å². The number of phenolic OH excluding ortho intramolecular Hbond substituents is 2. The zero-order valence-electron chi connectivity index (χ0n) is 18.7. The number of fused-ring (bicyclic) bond motifs is 1. The molecule has 2 N–H and O–H groups in total. The van der Waals surface area contributed by atoms with Gasteiger partial charge in [-0.15, -0.1) is 0 Å². The molecule has 5 nitrogen and oxygen atoms in total. The minimum absolute atomic E-state index is 0.0709. The number of phenols is 2. The first kappa shape index (κ1) is 23.4. The monoisotopic (exact) mass is 468 g/mol. The maximum atomic E-state index is 13.3. The first-order chi connectivity index (χ1) is 15.8. The quantitative estimate of drug-likeness (QED) is 0.515. The second kappa shape index (κ2) is 10.0. The average molecular weight is 469 g/mol. The van der Waals surface area contributed by atoms with Gasteiger partial charge in [0.1, 0.15) is 23.2 Å². The van der Waals surface area contributed by atoms with Gasteiger partial charge < -0.3 is 14.9 Å². The zero-order valence-corrected chi connectivity index (χ0v) is 19.4. The Kier molecular flexibility index (Phi) is 7.08. The number of aromatic hydroxyl groups is 2. The van der Waals surface area contributed by atoms with E-state index >= 15 is 0 Å². The van der Waals surface area contributed by atoms with Crippen molar-refractivity contribution in [2.75, 3.05) is 0 Å². The lowest BCUT2D eigenvalue weighted by atomic mass is 9.81. The summed E-state index contributed by atoms with van der Waals surface area (Å²) in [5, 5.41) is 20.5. The lowest BCUT2D eigenvalue weighted by Gasteiger charge is -2.28. The maximum absolute atomic E-state index is 13.3. The van der Waals surface area contributed by atoms with Crippen LogP contribution in [0, 0.1) is 17.8 Å². The molecule has 1 aliphatic carbocycles. The third-order valence-corrected chi connectivity index (χ3v) is 7.23. The van der Waals surface area contributed by atoms with Gasteiger partial charge in [-0.2, -0.15) is 0 Å². The van der Waals surface area contributed by atoms with Crippen LogP contribution in [0.4, 0.5) is 0 Å². The number of ether oxygens (including phenoxy) is 1. The Balaban J connectivity index is 1.76. The van der Waals surface area contributed by atoms with E-state index in [1.54, 1.807) is 0 Å². The van der Waals surface area contributed by atoms with E-state index in [1.807, 2.05) is 36.4 Å². The molecule has 0 saturated heterocycles. The zero-order chi connectivity index (χ0) is 23.5. The predicted molar refractivity (Wildman–Crippen MR) is 126 cm³/mol. The van der Waals surface area contributed by atoms with Crippen molar-refractivity contribution in [2.24, 2.45) is 17.8 Å². The summed E-state index contributed by atoms with van der Waals surface area (Å²) in [4.78, 5) is 25.9. The molecule has 1 saturated carbocycles. The van der Waals surface area contributed by atoms with E-state index in [-0.39, 0.29) is 34.1 Å². The van der Waals surface area contributed by atoms with Crippen molar-refractivity contribution in [3.05, 3.63) is 70.3 Å². The Hall–Kier alpha value is -2.79. The molecule has 0 radical (unpaired) electrons. The average Bonchev–Trinajstić information content (AvgIpc) is 3.62. The van der Waals surface area contributed by atoms with Crippen LogP contribution in [0.25, 0.3) is 0 Å². The standard InChI is InChI=1S/C27H29ClO5/c1-16-13-24(18-7-3-2-4-8-18)33-27(32)25-21(26(28)23(31)15-22(25)30)14-19(29)9-5-6-10-20(16)17-11-12-17/h2-5,7-9,15-17,20,24,30-31H,6,10-14H2,1H3/b9-5+/t16?,20?,24-/m1/s1. The number of hydrogen-bond acceptors (Lipinski definition) is 5. The number of allylic oxidation sites excluding steroid dienone is 2. The van der Waals surface area contributed by atoms with Gasteiger partial charge in [0.15, 0.2) is 5.78 Å². The molecule has 1 heterocycles. The number of benzene rings is 2. The summed E-state index contributed by atoms with van der Waals surface area (Å²) in [5.41, 5.74) is 0.770. The highest BCUT2D eigenvalue weighted by molar-refractivity contribution is 6.33. The number of carbonyl (C=O) groups is 2. The van der Waals surface area contributed by atoms with Gasteiger partial charge in [-0.1, -0.05) is 54.9 Å². The van der Waals surface area contributed by atoms with Crippen LogP contribution >= 0.6 is 11.6 Å². The topological polar surface area (TPSA) is 83.8 Å². The van der Waals surface area contributed by atoms with Crippen molar-refractivity contribution in [2.45, 2.75) is 51.6 Å². The van der Waals surface area contributed by atoms with Crippen LogP contribution in [-0.4, -0.2) is 22.0 Å². The summed E-state index contributed by atoms with van der Waals surface area (Å²) in [5.74, 6) is -0.402. The molecule has 0 bridgehead atoms. The SMILES string of the molecule is CC1C[C@H](c2ccccc2)OC(=O)c2c(O)cc(O)c(Cl)c2CC(=O)/C=C/CCC1C1CC1. The Morgan fingerprint density at radius 3 is 2.45 bits per heavy atom. The van der Waals surface area contributed by atoms with Crippen LogP contribution in [0.1, 0.15) is 66.6 Å². The molecule has 0 amide bonds. The highest BCUT2D eigenvalue weighted by Crippen LogP contribution is 2.46. The van der Waals surface area contributed by atoms with Crippen LogP contribution in [0.5, 0.6) is 11.5 Å². The molecule has 1 aliphatic heterocycles. The van der Waals surface area contributed by atoms with Crippen LogP contribution in [0.2, 0.25) is 5.02 Å². The van der Waals surface area contributed by atoms with Gasteiger partial charge in [0.25, 0.3) is 0 Å². The van der Waals surface area contributed by atoms with E-state index in [9.17, 15) is 19.8 Å². The first-order valence-electron chi connectivity index (χ1n) is 11.5. The number of carbonyl (C=O) groups excluding carboxylic acids is 2. The molecular weight excluding hydrogens is 440 g/mol. The van der Waals surface area contributed by atoms with Crippen molar-refractivity contribution in [3.8, 4) is 11.5 Å². The first-order valence-corrected chi connectivity index (χ1v) is 11.9. The van der Waals surface area contributed by atoms with E-state index in [0.29, 0.717) is 24.2 Å². The molecule has 2 aromatic rings. The molecule has 3 atom stereocenters. The summed E-state index contributed by atoms with van der Waals surface area (Å²) < 4.78 is 5.97. The van der Waals surface area contributed by atoms with Gasteiger partial charge in [0.2, 0.25) is 0 Å². The van der Waals surface area contributed by atoms with Gasteiger partial charge in [0, 0.05) is 18.1 Å². The van der Waals surface area contributed by atoms with Gasteiger partial charge in [-0.3, -0.25) is 4.79 Å². The van der Waals surface area contributed by atoms with Crippen molar-refractivity contribution in [1.82, 2.24) is 0 Å². The van der Waals surface area contributed by atoms with Crippen molar-refractivity contribution < 1.29 is 24.5 Å². The van der Waals surface area contributed by atoms with Crippen LogP contribution in [-0.2, 0) is 16.0 Å². The smallest absolute Gasteiger partial charge is 0.342 e. The Labute approximate surface area is 199 Å². The van der Waals surface area contributed by atoms with E-state index in [4.69, 9.17) is 16.3 Å². The van der Waals surface area contributed by atoms with Gasteiger partial charge in [0.05, 0.1) is 5.02 Å². The fraction of sp³-hybridized carbons (Fsp3) is 0.407. The summed E-state index contributed by atoms with van der Waals surface area (Å²) in [6.07, 6.45) is 7.50. The van der Waals surface area contributed by atoms with Gasteiger partial charge >= 0.3 is 5.97 Å². The highest BCUT2D eigenvalue weighted by Gasteiger charge is 2.36. The predicted octanol–water partition coefficient (Wildman–Crippen LogP) is 6.16. The second-order valence-electron chi connectivity index (χ2n) is 9.22. The minimum atomic E-state index is -0.762. The molecule has 2 unspecified atom stereocenters. The molecule has 0 spiro atoms. The normalized spacial score (nSPS) is 25.6. The number of rotatable bonds is 2. The number of halogens is 1. The lowest BCUT2D eigenvalue weighted by molar-refractivity contribution is -0.114. The highest BCUT2D eigenvalue weighted by atomic mass is 35.5. The molecule has 2 aromatic carbocycles. The van der Waals surface area contributed by atoms with Crippen LogP contribution < -0.4 is 0 Å². The number of ketones is 1. The summed E-state index contributed by atoms with van der Waals surface area (Å²) in [6.45, 7) is 2.20. The Morgan fingerprint density at radius 2 is 1.76 bits per heavy atom. The Morgan fingerprint density at radius 1 is 1.03 bits per heavy atom. The van der Waals surface area contributed by atoms with Crippen molar-refractivity contribution >= 4 is 23.4 Å². The molecule has 33 heavy (non-hydrogen) atoms. The number of esters is 1. The van der Waals surface area contributed by atoms with Gasteiger partial charge in [-0.25, -0.2) is 4.79 Å². The van der Waals surface area contributed by atoms with E-state index in [0.717, 1.165) is 24.5 Å². The van der Waals surface area contributed by atoms with E-state index in [1.165, 1.54) is 18.9 Å².